The lowest BCUT2D eigenvalue weighted by Crippen LogP contribution is -2.53. The van der Waals surface area contributed by atoms with Gasteiger partial charge in [-0.15, -0.1) is 0 Å². The predicted molar refractivity (Wildman–Crippen MR) is 112 cm³/mol. The molecular weight excluding hydrogens is 406 g/mol. The summed E-state index contributed by atoms with van der Waals surface area (Å²) in [4.78, 5) is 22.6. The van der Waals surface area contributed by atoms with Gasteiger partial charge in [-0.25, -0.2) is 28.6 Å². The minimum absolute atomic E-state index is 0.0725. The number of benzene rings is 1. The molecule has 8 nitrogen and oxygen atoms in total. The molecule has 1 N–H and O–H groups in total. The molecule has 0 radical (unpaired) electrons. The SMILES string of the molecule is CN1C(c2cc(NC(=O)N3CC(F)C3)ccc2F)N=C2N=CC(C3=CCOCC3)=CN21. The first-order valence-corrected chi connectivity index (χ1v) is 10.1. The number of aliphatic imine (C=N–C) groups is 2. The molecule has 1 aromatic rings. The van der Waals surface area contributed by atoms with E-state index >= 15 is 0 Å². The van der Waals surface area contributed by atoms with Crippen molar-refractivity contribution in [2.75, 3.05) is 38.7 Å². The smallest absolute Gasteiger partial charge is 0.322 e. The number of guanidine groups is 1. The number of urea groups is 1. The number of anilines is 1. The molecule has 1 atom stereocenters. The number of amides is 2. The van der Waals surface area contributed by atoms with E-state index in [-0.39, 0.29) is 13.1 Å². The minimum atomic E-state index is -0.981. The highest BCUT2D eigenvalue weighted by molar-refractivity contribution is 5.99. The summed E-state index contributed by atoms with van der Waals surface area (Å²) in [7, 11) is 1.81. The minimum Gasteiger partial charge on any atom is -0.377 e. The van der Waals surface area contributed by atoms with Crippen molar-refractivity contribution in [1.82, 2.24) is 14.9 Å². The number of hydrogen-bond acceptors (Lipinski definition) is 6. The van der Waals surface area contributed by atoms with E-state index in [0.717, 1.165) is 17.6 Å². The van der Waals surface area contributed by atoms with E-state index in [0.29, 0.717) is 30.4 Å². The van der Waals surface area contributed by atoms with Gasteiger partial charge in [0.2, 0.25) is 5.96 Å². The van der Waals surface area contributed by atoms with Gasteiger partial charge in [0.15, 0.2) is 6.17 Å². The van der Waals surface area contributed by atoms with Crippen LogP contribution in [0, 0.1) is 5.82 Å². The monoisotopic (exact) mass is 428 g/mol. The zero-order valence-corrected chi connectivity index (χ0v) is 17.0. The van der Waals surface area contributed by atoms with Gasteiger partial charge in [-0.2, -0.15) is 5.01 Å². The molecule has 2 amide bonds. The van der Waals surface area contributed by atoms with Crippen LogP contribution in [0.15, 0.2) is 51.6 Å². The molecule has 1 saturated heterocycles. The Kier molecular flexibility index (Phi) is 5.03. The van der Waals surface area contributed by atoms with Crippen LogP contribution < -0.4 is 5.32 Å². The summed E-state index contributed by atoms with van der Waals surface area (Å²) in [6.07, 6.45) is 4.92. The third-order valence-electron chi connectivity index (χ3n) is 5.70. The molecule has 162 valence electrons. The van der Waals surface area contributed by atoms with Crippen molar-refractivity contribution in [3.8, 4) is 0 Å². The van der Waals surface area contributed by atoms with Crippen LogP contribution in [0.4, 0.5) is 19.3 Å². The zero-order chi connectivity index (χ0) is 21.5. The first kappa shape index (κ1) is 19.8. The van der Waals surface area contributed by atoms with Crippen LogP contribution in [0.5, 0.6) is 0 Å². The van der Waals surface area contributed by atoms with E-state index in [1.807, 2.05) is 12.3 Å². The Morgan fingerprint density at radius 1 is 1.32 bits per heavy atom. The Hall–Kier alpha value is -3.11. The number of halogens is 2. The van der Waals surface area contributed by atoms with Crippen molar-refractivity contribution in [3.05, 3.63) is 53.0 Å². The van der Waals surface area contributed by atoms with E-state index in [4.69, 9.17) is 4.74 Å². The Labute approximate surface area is 178 Å². The summed E-state index contributed by atoms with van der Waals surface area (Å²) in [6.45, 7) is 1.39. The summed E-state index contributed by atoms with van der Waals surface area (Å²) >= 11 is 0. The summed E-state index contributed by atoms with van der Waals surface area (Å²) in [5.41, 5.74) is 2.86. The number of likely N-dealkylation sites (tertiary alicyclic amines) is 1. The van der Waals surface area contributed by atoms with Crippen molar-refractivity contribution in [3.63, 3.8) is 0 Å². The normalized spacial score (nSPS) is 23.7. The number of ether oxygens (including phenoxy) is 1. The number of hydrogen-bond donors (Lipinski definition) is 1. The standard InChI is InChI=1S/C21H22F2N6O2/c1-27-19(26-20-24-9-14(10-29(20)27)13-4-6-31-7-5-13)17-8-16(2-3-18(17)23)25-21(30)28-11-15(22)12-28/h2-4,8-10,15,19H,5-7,11-12H2,1H3,(H,25,30). The molecule has 31 heavy (non-hydrogen) atoms. The van der Waals surface area contributed by atoms with Gasteiger partial charge in [0.05, 0.1) is 26.3 Å². The summed E-state index contributed by atoms with van der Waals surface area (Å²) in [5, 5.41) is 6.28. The molecule has 4 aliphatic heterocycles. The quantitative estimate of drug-likeness (QED) is 0.804. The molecule has 0 saturated carbocycles. The van der Waals surface area contributed by atoms with Gasteiger partial charge in [-0.1, -0.05) is 6.08 Å². The molecule has 0 aliphatic carbocycles. The summed E-state index contributed by atoms with van der Waals surface area (Å²) in [6, 6.07) is 3.92. The number of allylic oxidation sites excluding steroid dienone is 1. The van der Waals surface area contributed by atoms with Gasteiger partial charge in [0.1, 0.15) is 12.0 Å². The second kappa shape index (κ2) is 7.86. The molecule has 10 heteroatoms. The van der Waals surface area contributed by atoms with Crippen molar-refractivity contribution in [2.24, 2.45) is 9.98 Å². The molecule has 5 rings (SSSR count). The topological polar surface area (TPSA) is 72.8 Å². The molecule has 4 heterocycles. The lowest BCUT2D eigenvalue weighted by Gasteiger charge is -2.34. The van der Waals surface area contributed by atoms with Gasteiger partial charge in [0, 0.05) is 36.3 Å². The zero-order valence-electron chi connectivity index (χ0n) is 17.0. The fourth-order valence-electron chi connectivity index (χ4n) is 3.88. The van der Waals surface area contributed by atoms with Crippen LogP contribution in [0.3, 0.4) is 0 Å². The van der Waals surface area contributed by atoms with Gasteiger partial charge in [-0.05, 0) is 30.2 Å². The van der Waals surface area contributed by atoms with Crippen LogP contribution in [-0.4, -0.2) is 72.6 Å². The van der Waals surface area contributed by atoms with Gasteiger partial charge >= 0.3 is 6.03 Å². The largest absolute Gasteiger partial charge is 0.377 e. The number of carbonyl (C=O) groups is 1. The molecule has 0 aromatic heterocycles. The maximum atomic E-state index is 14.7. The highest BCUT2D eigenvalue weighted by atomic mass is 19.1. The molecule has 0 bridgehead atoms. The Morgan fingerprint density at radius 2 is 2.16 bits per heavy atom. The van der Waals surface area contributed by atoms with E-state index in [9.17, 15) is 13.6 Å². The van der Waals surface area contributed by atoms with Crippen LogP contribution in [0.2, 0.25) is 0 Å². The van der Waals surface area contributed by atoms with E-state index in [1.165, 1.54) is 17.0 Å². The molecule has 4 aliphatic rings. The first-order valence-electron chi connectivity index (χ1n) is 10.1. The summed E-state index contributed by atoms with van der Waals surface area (Å²) in [5.74, 6) is 0.0273. The fraction of sp³-hybridized carbons (Fsp3) is 0.381. The summed E-state index contributed by atoms with van der Waals surface area (Å²) < 4.78 is 33.1. The third kappa shape index (κ3) is 3.72. The second-order valence-electron chi connectivity index (χ2n) is 7.79. The molecule has 0 spiro atoms. The number of hydrazine groups is 1. The highest BCUT2D eigenvalue weighted by Crippen LogP contribution is 2.34. The Morgan fingerprint density at radius 3 is 2.90 bits per heavy atom. The van der Waals surface area contributed by atoms with Gasteiger partial charge < -0.3 is 15.0 Å². The maximum absolute atomic E-state index is 14.7. The van der Waals surface area contributed by atoms with Crippen LogP contribution >= 0.6 is 0 Å². The van der Waals surface area contributed by atoms with E-state index in [2.05, 4.69) is 15.3 Å². The van der Waals surface area contributed by atoms with E-state index in [1.54, 1.807) is 29.3 Å². The number of carbonyl (C=O) groups excluding carboxylic acids is 1. The van der Waals surface area contributed by atoms with Gasteiger partial charge in [-0.3, -0.25) is 0 Å². The van der Waals surface area contributed by atoms with Crippen molar-refractivity contribution >= 4 is 23.9 Å². The molecule has 1 aromatic carbocycles. The number of fused-ring (bicyclic) bond motifs is 1. The molecular formula is C21H22F2N6O2. The van der Waals surface area contributed by atoms with Crippen molar-refractivity contribution < 1.29 is 18.3 Å². The fourth-order valence-corrected chi connectivity index (χ4v) is 3.88. The van der Waals surface area contributed by atoms with Crippen molar-refractivity contribution in [2.45, 2.75) is 18.8 Å². The van der Waals surface area contributed by atoms with Crippen LogP contribution in [0.1, 0.15) is 18.2 Å². The average molecular weight is 428 g/mol. The van der Waals surface area contributed by atoms with Crippen LogP contribution in [0.25, 0.3) is 0 Å². The number of rotatable bonds is 3. The second-order valence-corrected chi connectivity index (χ2v) is 7.79. The lowest BCUT2D eigenvalue weighted by atomic mass is 10.0. The third-order valence-corrected chi connectivity index (χ3v) is 5.70. The van der Waals surface area contributed by atoms with E-state index < -0.39 is 24.2 Å². The Bertz CT molecular complexity index is 1030. The highest BCUT2D eigenvalue weighted by Gasteiger charge is 2.35. The number of nitrogens with zero attached hydrogens (tertiary/aromatic N) is 5. The lowest BCUT2D eigenvalue weighted by molar-refractivity contribution is 0.0973. The predicted octanol–water partition coefficient (Wildman–Crippen LogP) is 2.84. The first-order chi connectivity index (χ1) is 15.0. The molecule has 1 unspecified atom stereocenters. The molecule has 1 fully saturated rings. The number of nitrogens with one attached hydrogen (secondary N) is 1. The Balaban J connectivity index is 1.36. The number of alkyl halides is 1. The van der Waals surface area contributed by atoms with Crippen LogP contribution in [-0.2, 0) is 4.74 Å². The maximum Gasteiger partial charge on any atom is 0.322 e. The van der Waals surface area contributed by atoms with Crippen molar-refractivity contribution in [1.29, 1.82) is 0 Å². The average Bonchev–Trinajstić information content (AvgIpc) is 3.09. The van der Waals surface area contributed by atoms with Gasteiger partial charge in [0.25, 0.3) is 0 Å².